The summed E-state index contributed by atoms with van der Waals surface area (Å²) in [6.07, 6.45) is 4.95. The van der Waals surface area contributed by atoms with Crippen molar-refractivity contribution in [1.82, 2.24) is 19.9 Å². The highest BCUT2D eigenvalue weighted by molar-refractivity contribution is 6.04. The zero-order chi connectivity index (χ0) is 22.5. The minimum atomic E-state index is -0.269. The summed E-state index contributed by atoms with van der Waals surface area (Å²) in [6.45, 7) is 3.02. The molecule has 8 heteroatoms. The summed E-state index contributed by atoms with van der Waals surface area (Å²) in [4.78, 5) is 40.5. The highest BCUT2D eigenvalue weighted by Crippen LogP contribution is 2.26. The number of piperidine rings is 1. The van der Waals surface area contributed by atoms with E-state index in [1.165, 1.54) is 0 Å². The number of aromatic nitrogens is 3. The molecule has 3 aromatic rings. The van der Waals surface area contributed by atoms with Crippen LogP contribution in [0.4, 0.5) is 5.69 Å². The van der Waals surface area contributed by atoms with Gasteiger partial charge in [0.25, 0.3) is 11.8 Å². The van der Waals surface area contributed by atoms with Gasteiger partial charge in [-0.05, 0) is 56.2 Å². The Balaban J connectivity index is 1.45. The van der Waals surface area contributed by atoms with Crippen LogP contribution in [0.25, 0.3) is 0 Å². The van der Waals surface area contributed by atoms with Crippen molar-refractivity contribution in [3.8, 4) is 5.75 Å². The molecule has 1 aliphatic heterocycles. The Morgan fingerprint density at radius 3 is 2.62 bits per heavy atom. The summed E-state index contributed by atoms with van der Waals surface area (Å²) < 4.78 is 5.14. The first-order valence-corrected chi connectivity index (χ1v) is 10.5. The van der Waals surface area contributed by atoms with Gasteiger partial charge in [-0.3, -0.25) is 14.6 Å². The number of rotatable bonds is 5. The zero-order valence-electron chi connectivity index (χ0n) is 18.1. The largest absolute Gasteiger partial charge is 0.497 e. The van der Waals surface area contributed by atoms with Gasteiger partial charge in [0.15, 0.2) is 0 Å². The molecule has 1 aliphatic rings. The maximum atomic E-state index is 12.8. The van der Waals surface area contributed by atoms with E-state index in [1.54, 1.807) is 67.7 Å². The van der Waals surface area contributed by atoms with Crippen molar-refractivity contribution in [3.05, 3.63) is 77.6 Å². The summed E-state index contributed by atoms with van der Waals surface area (Å²) in [5.74, 6) is 1.04. The average Bonchev–Trinajstić information content (AvgIpc) is 2.84. The van der Waals surface area contributed by atoms with Crippen LogP contribution in [0.15, 0.2) is 54.9 Å². The minimum absolute atomic E-state index is 0.0220. The summed E-state index contributed by atoms with van der Waals surface area (Å²) >= 11 is 0. The lowest BCUT2D eigenvalue weighted by Crippen LogP contribution is -2.40. The van der Waals surface area contributed by atoms with Crippen LogP contribution in [0.5, 0.6) is 5.75 Å². The van der Waals surface area contributed by atoms with Gasteiger partial charge in [-0.25, -0.2) is 9.97 Å². The molecule has 0 bridgehead atoms. The van der Waals surface area contributed by atoms with Crippen LogP contribution in [0.3, 0.4) is 0 Å². The van der Waals surface area contributed by atoms with E-state index < -0.39 is 0 Å². The minimum Gasteiger partial charge on any atom is -0.497 e. The number of nitrogens with zero attached hydrogens (tertiary/aromatic N) is 4. The van der Waals surface area contributed by atoms with Gasteiger partial charge in [0.1, 0.15) is 17.3 Å². The molecule has 1 saturated heterocycles. The average molecular weight is 431 g/mol. The topological polar surface area (TPSA) is 97.3 Å². The normalized spacial score (nSPS) is 15.8. The van der Waals surface area contributed by atoms with Gasteiger partial charge in [0.2, 0.25) is 0 Å². The van der Waals surface area contributed by atoms with E-state index in [2.05, 4.69) is 20.3 Å². The molecule has 0 spiro atoms. The van der Waals surface area contributed by atoms with E-state index in [1.807, 2.05) is 6.07 Å². The highest BCUT2D eigenvalue weighted by Gasteiger charge is 2.28. The number of anilines is 1. The van der Waals surface area contributed by atoms with Crippen molar-refractivity contribution in [2.24, 2.45) is 0 Å². The number of likely N-dealkylation sites (tertiary alicyclic amines) is 1. The van der Waals surface area contributed by atoms with Crippen LogP contribution < -0.4 is 10.1 Å². The number of methoxy groups -OCH3 is 1. The van der Waals surface area contributed by atoms with Crippen molar-refractivity contribution >= 4 is 17.5 Å². The van der Waals surface area contributed by atoms with Gasteiger partial charge < -0.3 is 15.0 Å². The van der Waals surface area contributed by atoms with Gasteiger partial charge in [-0.2, -0.15) is 0 Å². The molecule has 1 aromatic carbocycles. The molecule has 32 heavy (non-hydrogen) atoms. The second-order valence-electron chi connectivity index (χ2n) is 7.72. The van der Waals surface area contributed by atoms with E-state index >= 15 is 0 Å². The number of benzene rings is 1. The Morgan fingerprint density at radius 1 is 1.12 bits per heavy atom. The standard InChI is InChI=1S/C24H25N5O3/c1-16-20(23(30)28-18-8-10-19(32-2)11-9-18)14-26-22(27-16)17-6-5-13-29(15-17)24(31)21-7-3-4-12-25-21/h3-4,7-12,14,17H,5-6,13,15H2,1-2H3,(H,28,30). The smallest absolute Gasteiger partial charge is 0.272 e. The molecule has 1 unspecified atom stereocenters. The lowest BCUT2D eigenvalue weighted by Gasteiger charge is -2.32. The molecule has 1 N–H and O–H groups in total. The summed E-state index contributed by atoms with van der Waals surface area (Å²) in [7, 11) is 1.59. The summed E-state index contributed by atoms with van der Waals surface area (Å²) in [5, 5.41) is 2.86. The van der Waals surface area contributed by atoms with Crippen molar-refractivity contribution in [3.63, 3.8) is 0 Å². The third-order valence-electron chi connectivity index (χ3n) is 5.55. The number of hydrogen-bond donors (Lipinski definition) is 1. The predicted molar refractivity (Wildman–Crippen MR) is 120 cm³/mol. The van der Waals surface area contributed by atoms with Crippen molar-refractivity contribution in [1.29, 1.82) is 0 Å². The molecule has 0 radical (unpaired) electrons. The van der Waals surface area contributed by atoms with Gasteiger partial charge >= 0.3 is 0 Å². The SMILES string of the molecule is COc1ccc(NC(=O)c2cnc(C3CCCN(C(=O)c4ccccn4)C3)nc2C)cc1. The van der Waals surface area contributed by atoms with Crippen LogP contribution in [-0.2, 0) is 0 Å². The predicted octanol–water partition coefficient (Wildman–Crippen LogP) is 3.46. The number of pyridine rings is 1. The van der Waals surface area contributed by atoms with Crippen LogP contribution in [0, 0.1) is 6.92 Å². The van der Waals surface area contributed by atoms with Crippen LogP contribution in [0.2, 0.25) is 0 Å². The summed E-state index contributed by atoms with van der Waals surface area (Å²) in [6, 6.07) is 12.4. The zero-order valence-corrected chi connectivity index (χ0v) is 18.1. The Bertz CT molecular complexity index is 1100. The van der Waals surface area contributed by atoms with Gasteiger partial charge in [-0.1, -0.05) is 6.07 Å². The molecule has 1 fully saturated rings. The summed E-state index contributed by atoms with van der Waals surface area (Å²) in [5.41, 5.74) is 2.13. The lowest BCUT2D eigenvalue weighted by molar-refractivity contribution is 0.0698. The van der Waals surface area contributed by atoms with Crippen molar-refractivity contribution < 1.29 is 14.3 Å². The molecule has 3 heterocycles. The Labute approximate surface area is 186 Å². The first kappa shape index (κ1) is 21.4. The molecular weight excluding hydrogens is 406 g/mol. The van der Waals surface area contributed by atoms with Crippen molar-refractivity contribution in [2.45, 2.75) is 25.7 Å². The third kappa shape index (κ3) is 4.74. The first-order chi connectivity index (χ1) is 15.5. The molecule has 0 aliphatic carbocycles. The molecule has 164 valence electrons. The van der Waals surface area contributed by atoms with Crippen LogP contribution in [0.1, 0.15) is 51.1 Å². The Morgan fingerprint density at radius 2 is 1.94 bits per heavy atom. The number of hydrogen-bond acceptors (Lipinski definition) is 6. The molecule has 2 aromatic heterocycles. The third-order valence-corrected chi connectivity index (χ3v) is 5.55. The van der Waals surface area contributed by atoms with E-state index in [-0.39, 0.29) is 17.7 Å². The number of ether oxygens (including phenoxy) is 1. The van der Waals surface area contributed by atoms with E-state index in [0.29, 0.717) is 41.6 Å². The molecule has 0 saturated carbocycles. The fraction of sp³-hybridized carbons (Fsp3) is 0.292. The van der Waals surface area contributed by atoms with Crippen LogP contribution in [-0.4, -0.2) is 51.9 Å². The molecule has 8 nitrogen and oxygen atoms in total. The highest BCUT2D eigenvalue weighted by atomic mass is 16.5. The van der Waals surface area contributed by atoms with Gasteiger partial charge in [0.05, 0.1) is 18.4 Å². The molecule has 4 rings (SSSR count). The molecular formula is C24H25N5O3. The van der Waals surface area contributed by atoms with Crippen LogP contribution >= 0.6 is 0 Å². The lowest BCUT2D eigenvalue weighted by atomic mass is 9.96. The van der Waals surface area contributed by atoms with E-state index in [9.17, 15) is 9.59 Å². The fourth-order valence-corrected chi connectivity index (χ4v) is 3.80. The number of aryl methyl sites for hydroxylation is 1. The van der Waals surface area contributed by atoms with E-state index in [4.69, 9.17) is 4.74 Å². The Hall–Kier alpha value is -3.81. The van der Waals surface area contributed by atoms with Gasteiger partial charge in [-0.15, -0.1) is 0 Å². The maximum Gasteiger partial charge on any atom is 0.272 e. The number of carbonyl (C=O) groups is 2. The monoisotopic (exact) mass is 431 g/mol. The quantitative estimate of drug-likeness (QED) is 0.664. The maximum absolute atomic E-state index is 12.8. The number of nitrogens with one attached hydrogen (secondary N) is 1. The van der Waals surface area contributed by atoms with Gasteiger partial charge in [0, 0.05) is 37.1 Å². The first-order valence-electron chi connectivity index (χ1n) is 10.5. The van der Waals surface area contributed by atoms with E-state index in [0.717, 1.165) is 18.6 Å². The number of carbonyl (C=O) groups excluding carboxylic acids is 2. The van der Waals surface area contributed by atoms with Crippen molar-refractivity contribution in [2.75, 3.05) is 25.5 Å². The fourth-order valence-electron chi connectivity index (χ4n) is 3.80. The number of amides is 2. The second-order valence-corrected chi connectivity index (χ2v) is 7.72. The molecule has 1 atom stereocenters. The second kappa shape index (κ2) is 9.55. The molecule has 2 amide bonds. The Kier molecular flexibility index (Phi) is 6.39.